The van der Waals surface area contributed by atoms with Crippen LogP contribution in [0.1, 0.15) is 44.4 Å². The predicted octanol–water partition coefficient (Wildman–Crippen LogP) is 6.53. The van der Waals surface area contributed by atoms with E-state index in [0.717, 1.165) is 11.1 Å². The van der Waals surface area contributed by atoms with Crippen LogP contribution >= 0.6 is 23.2 Å². The lowest BCUT2D eigenvalue weighted by molar-refractivity contribution is -0.124. The van der Waals surface area contributed by atoms with Gasteiger partial charge in [0.05, 0.1) is 31.1 Å². The Balaban J connectivity index is 1.67. The zero-order chi connectivity index (χ0) is 30.5. The van der Waals surface area contributed by atoms with Gasteiger partial charge in [-0.1, -0.05) is 65.7 Å². The molecule has 9 nitrogen and oxygen atoms in total. The molecule has 3 aromatic rings. The Hall–Kier alpha value is -3.79. The van der Waals surface area contributed by atoms with Gasteiger partial charge in [0.25, 0.3) is 5.91 Å². The number of hydrogen-bond acceptors (Lipinski definition) is 7. The summed E-state index contributed by atoms with van der Waals surface area (Å²) in [5.41, 5.74) is 4.09. The van der Waals surface area contributed by atoms with Crippen molar-refractivity contribution in [2.75, 3.05) is 13.2 Å². The Kier molecular flexibility index (Phi) is 12.5. The molecule has 2 amide bonds. The zero-order valence-corrected chi connectivity index (χ0v) is 25.5. The summed E-state index contributed by atoms with van der Waals surface area (Å²) in [5.74, 6) is 0.210. The number of benzene rings is 3. The quantitative estimate of drug-likeness (QED) is 0.167. The van der Waals surface area contributed by atoms with Gasteiger partial charge in [0, 0.05) is 5.02 Å². The minimum atomic E-state index is -1.06. The fourth-order valence-corrected chi connectivity index (χ4v) is 3.95. The summed E-state index contributed by atoms with van der Waals surface area (Å²) in [6, 6.07) is 19.0. The highest BCUT2D eigenvalue weighted by Crippen LogP contribution is 2.37. The number of halogens is 2. The Labute approximate surface area is 256 Å². The largest absolute Gasteiger partial charge is 0.490 e. The molecule has 2 N–H and O–H groups in total. The summed E-state index contributed by atoms with van der Waals surface area (Å²) in [5, 5.41) is 7.53. The number of alkyl carbamates (subject to hydrolysis) is 1. The first kappa shape index (κ1) is 32.7. The maximum Gasteiger partial charge on any atom is 0.408 e. The molecule has 3 rings (SSSR count). The van der Waals surface area contributed by atoms with Crippen LogP contribution in [0, 0.1) is 0 Å². The number of carbonyl (C=O) groups excluding carboxylic acids is 2. The lowest BCUT2D eigenvalue weighted by atomic mass is 10.2. The Morgan fingerprint density at radius 2 is 1.64 bits per heavy atom. The van der Waals surface area contributed by atoms with Crippen molar-refractivity contribution in [2.24, 2.45) is 5.10 Å². The van der Waals surface area contributed by atoms with E-state index in [4.69, 9.17) is 42.1 Å². The van der Waals surface area contributed by atoms with Gasteiger partial charge in [0.15, 0.2) is 11.5 Å². The first-order valence-corrected chi connectivity index (χ1v) is 14.1. The van der Waals surface area contributed by atoms with Gasteiger partial charge < -0.3 is 24.3 Å². The summed E-state index contributed by atoms with van der Waals surface area (Å²) in [7, 11) is 0. The molecule has 1 atom stereocenters. The fourth-order valence-electron chi connectivity index (χ4n) is 3.55. The minimum absolute atomic E-state index is 0.102. The highest BCUT2D eigenvalue weighted by Gasteiger charge is 2.24. The molecule has 0 aliphatic rings. The Morgan fingerprint density at radius 1 is 0.952 bits per heavy atom. The lowest BCUT2D eigenvalue weighted by Crippen LogP contribution is -2.49. The Bertz CT molecular complexity index is 1350. The van der Waals surface area contributed by atoms with Crippen LogP contribution in [0.15, 0.2) is 71.8 Å². The number of amides is 2. The molecule has 0 saturated heterocycles. The van der Waals surface area contributed by atoms with Crippen LogP contribution in [0.25, 0.3) is 0 Å². The lowest BCUT2D eigenvalue weighted by Gasteiger charge is -2.22. The van der Waals surface area contributed by atoms with Gasteiger partial charge in [-0.15, -0.1) is 0 Å². The average molecular weight is 617 g/mol. The number of hydrazone groups is 1. The molecule has 0 spiro atoms. The minimum Gasteiger partial charge on any atom is -0.490 e. The van der Waals surface area contributed by atoms with E-state index in [2.05, 4.69) is 15.8 Å². The molecule has 0 radical (unpaired) electrons. The summed E-state index contributed by atoms with van der Waals surface area (Å²) in [6.07, 6.45) is 0.655. The molecular weight excluding hydrogens is 581 g/mol. The molecule has 0 fully saturated rings. The topological polar surface area (TPSA) is 107 Å². The average Bonchev–Trinajstić information content (AvgIpc) is 2.93. The van der Waals surface area contributed by atoms with Crippen molar-refractivity contribution in [3.05, 3.63) is 93.5 Å². The second kappa shape index (κ2) is 16.0. The van der Waals surface area contributed by atoms with Gasteiger partial charge in [-0.3, -0.25) is 4.79 Å². The van der Waals surface area contributed by atoms with Crippen LogP contribution in [-0.2, 0) is 27.5 Å². The summed E-state index contributed by atoms with van der Waals surface area (Å²) < 4.78 is 22.7. The summed E-state index contributed by atoms with van der Waals surface area (Å²) in [6.45, 7) is 7.83. The molecule has 0 bridgehead atoms. The van der Waals surface area contributed by atoms with E-state index < -0.39 is 23.6 Å². The van der Waals surface area contributed by atoms with E-state index in [9.17, 15) is 9.59 Å². The smallest absolute Gasteiger partial charge is 0.408 e. The van der Waals surface area contributed by atoms with Gasteiger partial charge >= 0.3 is 6.09 Å². The number of ether oxygens (including phenoxy) is 4. The van der Waals surface area contributed by atoms with E-state index in [1.807, 2.05) is 49.4 Å². The first-order valence-electron chi connectivity index (χ1n) is 13.3. The molecule has 0 aromatic heterocycles. The van der Waals surface area contributed by atoms with Crippen molar-refractivity contribution in [1.82, 2.24) is 10.7 Å². The molecule has 0 aliphatic heterocycles. The summed E-state index contributed by atoms with van der Waals surface area (Å²) in [4.78, 5) is 25.3. The highest BCUT2D eigenvalue weighted by molar-refractivity contribution is 6.32. The normalized spacial score (nSPS) is 12.0. The maximum atomic E-state index is 13.0. The number of rotatable bonds is 13. The van der Waals surface area contributed by atoms with Crippen LogP contribution in [0.4, 0.5) is 4.79 Å². The van der Waals surface area contributed by atoms with Gasteiger partial charge in [-0.2, -0.15) is 5.10 Å². The molecule has 0 aliphatic carbocycles. The van der Waals surface area contributed by atoms with Crippen LogP contribution in [-0.4, -0.2) is 43.1 Å². The van der Waals surface area contributed by atoms with E-state index in [0.29, 0.717) is 33.7 Å². The molecule has 3 aromatic carbocycles. The van der Waals surface area contributed by atoms with E-state index in [1.165, 1.54) is 6.21 Å². The van der Waals surface area contributed by atoms with Crippen molar-refractivity contribution in [1.29, 1.82) is 0 Å². The predicted molar refractivity (Wildman–Crippen MR) is 163 cm³/mol. The monoisotopic (exact) mass is 615 g/mol. The molecule has 0 unspecified atom stereocenters. The van der Waals surface area contributed by atoms with Crippen LogP contribution in [0.3, 0.4) is 0 Å². The van der Waals surface area contributed by atoms with Crippen molar-refractivity contribution < 1.29 is 28.5 Å². The number of carbonyl (C=O) groups is 2. The molecule has 224 valence electrons. The fraction of sp³-hybridized carbons (Fsp3) is 0.323. The summed E-state index contributed by atoms with van der Waals surface area (Å²) >= 11 is 12.5. The third kappa shape index (κ3) is 11.2. The van der Waals surface area contributed by atoms with Crippen molar-refractivity contribution >= 4 is 41.4 Å². The van der Waals surface area contributed by atoms with Crippen molar-refractivity contribution in [3.63, 3.8) is 0 Å². The zero-order valence-electron chi connectivity index (χ0n) is 24.0. The molecule has 0 heterocycles. The van der Waals surface area contributed by atoms with Crippen LogP contribution in [0.2, 0.25) is 10.0 Å². The van der Waals surface area contributed by atoms with Crippen LogP contribution in [0.5, 0.6) is 11.5 Å². The van der Waals surface area contributed by atoms with Crippen molar-refractivity contribution in [3.8, 4) is 11.5 Å². The molecule has 42 heavy (non-hydrogen) atoms. The standard InChI is InChI=1S/C31H35Cl2N3O6/c1-5-40-27-16-23(15-25(33)28(27)41-19-22-11-13-24(32)14-12-22)17-34-36-29(37)26(35-30(38)42-31(2,3)4)20-39-18-21-9-7-6-8-10-21/h6-17,26H,5,18-20H2,1-4H3,(H,35,38)(H,36,37)/b34-17-/t26-/m0/s1. The van der Waals surface area contributed by atoms with Gasteiger partial charge in [-0.25, -0.2) is 10.2 Å². The van der Waals surface area contributed by atoms with Gasteiger partial charge in [0.1, 0.15) is 18.2 Å². The highest BCUT2D eigenvalue weighted by atomic mass is 35.5. The third-order valence-corrected chi connectivity index (χ3v) is 5.95. The molecular formula is C31H35Cl2N3O6. The first-order chi connectivity index (χ1) is 20.0. The van der Waals surface area contributed by atoms with Crippen molar-refractivity contribution in [2.45, 2.75) is 52.6 Å². The molecule has 11 heteroatoms. The third-order valence-electron chi connectivity index (χ3n) is 5.42. The van der Waals surface area contributed by atoms with E-state index in [-0.39, 0.29) is 19.8 Å². The van der Waals surface area contributed by atoms with E-state index in [1.54, 1.807) is 45.0 Å². The maximum absolute atomic E-state index is 13.0. The molecule has 0 saturated carbocycles. The number of nitrogens with zero attached hydrogens (tertiary/aromatic N) is 1. The number of nitrogens with one attached hydrogen (secondary N) is 2. The van der Waals surface area contributed by atoms with Gasteiger partial charge in [-0.05, 0) is 68.7 Å². The second-order valence-corrected chi connectivity index (χ2v) is 11.0. The number of hydrogen-bond donors (Lipinski definition) is 2. The second-order valence-electron chi connectivity index (χ2n) is 10.1. The van der Waals surface area contributed by atoms with Gasteiger partial charge in [0.2, 0.25) is 0 Å². The van der Waals surface area contributed by atoms with E-state index >= 15 is 0 Å². The SMILES string of the molecule is CCOc1cc(/C=N\NC(=O)[C@H](COCc2ccccc2)NC(=O)OC(C)(C)C)cc(Cl)c1OCc1ccc(Cl)cc1. The van der Waals surface area contributed by atoms with Crippen LogP contribution < -0.4 is 20.2 Å². The Morgan fingerprint density at radius 3 is 2.31 bits per heavy atom.